The molecule has 1 aliphatic heterocycles. The third-order valence-electron chi connectivity index (χ3n) is 5.08. The topological polar surface area (TPSA) is 100 Å². The lowest BCUT2D eigenvalue weighted by Crippen LogP contribution is -2.54. The largest absolute Gasteiger partial charge is 0.496 e. The number of rotatable bonds is 7. The number of ether oxygens (including phenoxy) is 1. The average Bonchev–Trinajstić information content (AvgIpc) is 3.24. The van der Waals surface area contributed by atoms with Gasteiger partial charge in [0.25, 0.3) is 0 Å². The summed E-state index contributed by atoms with van der Waals surface area (Å²) >= 11 is 0. The first kappa shape index (κ1) is 22.1. The van der Waals surface area contributed by atoms with Gasteiger partial charge in [0, 0.05) is 45.8 Å². The molecule has 30 heavy (non-hydrogen) atoms. The van der Waals surface area contributed by atoms with Gasteiger partial charge in [-0.2, -0.15) is 4.31 Å². The van der Waals surface area contributed by atoms with Gasteiger partial charge in [0.15, 0.2) is 5.96 Å². The zero-order valence-corrected chi connectivity index (χ0v) is 18.5. The van der Waals surface area contributed by atoms with Crippen molar-refractivity contribution in [1.82, 2.24) is 19.7 Å². The van der Waals surface area contributed by atoms with Gasteiger partial charge in [-0.05, 0) is 25.0 Å². The molecule has 0 aliphatic carbocycles. The molecule has 0 amide bonds. The molecule has 1 aromatic heterocycles. The number of aliphatic imine (C=N–C) groups is 1. The number of sulfonamides is 1. The maximum Gasteiger partial charge on any atom is 0.220 e. The quantitative estimate of drug-likeness (QED) is 0.516. The molecule has 0 unspecified atom stereocenters. The van der Waals surface area contributed by atoms with Gasteiger partial charge in [-0.25, -0.2) is 8.42 Å². The first-order valence-electron chi connectivity index (χ1n) is 9.89. The highest BCUT2D eigenvalue weighted by Gasteiger charge is 2.28. The summed E-state index contributed by atoms with van der Waals surface area (Å²) < 4.78 is 36.8. The van der Waals surface area contributed by atoms with Crippen molar-refractivity contribution in [1.29, 1.82) is 0 Å². The van der Waals surface area contributed by atoms with E-state index in [1.165, 1.54) is 16.1 Å². The van der Waals surface area contributed by atoms with Crippen molar-refractivity contribution in [2.45, 2.75) is 19.1 Å². The number of piperazine rings is 1. The number of nitrogens with one attached hydrogen (secondary N) is 1. The monoisotopic (exact) mass is 435 g/mol. The summed E-state index contributed by atoms with van der Waals surface area (Å²) in [6, 6.07) is 7.72. The zero-order chi connectivity index (χ0) is 21.6. The lowest BCUT2D eigenvalue weighted by Gasteiger charge is -2.35. The molecule has 1 saturated heterocycles. The average molecular weight is 436 g/mol. The molecule has 2 heterocycles. The number of hydrogen-bond donors (Lipinski definition) is 1. The number of aryl methyl sites for hydroxylation is 1. The van der Waals surface area contributed by atoms with E-state index in [4.69, 9.17) is 9.26 Å². The second-order valence-electron chi connectivity index (χ2n) is 7.17. The van der Waals surface area contributed by atoms with Gasteiger partial charge < -0.3 is 19.5 Å². The Balaban J connectivity index is 1.51. The van der Waals surface area contributed by atoms with E-state index in [0.29, 0.717) is 38.4 Å². The second kappa shape index (κ2) is 9.94. The fourth-order valence-corrected chi connectivity index (χ4v) is 4.94. The van der Waals surface area contributed by atoms with E-state index in [9.17, 15) is 8.42 Å². The summed E-state index contributed by atoms with van der Waals surface area (Å²) in [5, 5.41) is 7.08. The van der Waals surface area contributed by atoms with Crippen molar-refractivity contribution in [2.24, 2.45) is 4.99 Å². The van der Waals surface area contributed by atoms with Crippen LogP contribution in [0.1, 0.15) is 16.8 Å². The smallest absolute Gasteiger partial charge is 0.220 e. The predicted octanol–water partition coefficient (Wildman–Crippen LogP) is 1.26. The second-order valence-corrected chi connectivity index (χ2v) is 9.14. The standard InChI is InChI=1S/C20H29N5O4S/c1-16-4-5-19(28-3)17(14-16)6-8-22-20(21-2)24-9-11-25(12-10-24)30(26,27)15-18-7-13-29-23-18/h4-5,7,13-14H,6,8-12,15H2,1-3H3,(H,21,22). The van der Waals surface area contributed by atoms with Crippen LogP contribution < -0.4 is 10.1 Å². The predicted molar refractivity (Wildman–Crippen MR) is 115 cm³/mol. The summed E-state index contributed by atoms with van der Waals surface area (Å²) in [4.78, 5) is 6.44. The van der Waals surface area contributed by atoms with Crippen molar-refractivity contribution in [3.05, 3.63) is 47.3 Å². The highest BCUT2D eigenvalue weighted by Crippen LogP contribution is 2.20. The number of benzene rings is 1. The van der Waals surface area contributed by atoms with Gasteiger partial charge in [0.05, 0.1) is 12.8 Å². The Labute approximate surface area is 177 Å². The third kappa shape index (κ3) is 5.51. The van der Waals surface area contributed by atoms with Crippen molar-refractivity contribution < 1.29 is 17.7 Å². The molecule has 0 radical (unpaired) electrons. The van der Waals surface area contributed by atoms with E-state index in [-0.39, 0.29) is 5.75 Å². The zero-order valence-electron chi connectivity index (χ0n) is 17.7. The van der Waals surface area contributed by atoms with Gasteiger partial charge >= 0.3 is 0 Å². The number of nitrogens with zero attached hydrogens (tertiary/aromatic N) is 4. The molecule has 0 saturated carbocycles. The van der Waals surface area contributed by atoms with Gasteiger partial charge in [0.1, 0.15) is 17.8 Å². The minimum atomic E-state index is -3.42. The Kier molecular flexibility index (Phi) is 7.33. The number of methoxy groups -OCH3 is 1. The van der Waals surface area contributed by atoms with E-state index in [0.717, 1.165) is 23.7 Å². The van der Waals surface area contributed by atoms with Crippen molar-refractivity contribution in [3.63, 3.8) is 0 Å². The van der Waals surface area contributed by atoms with E-state index in [1.54, 1.807) is 20.2 Å². The molecule has 1 aliphatic rings. The van der Waals surface area contributed by atoms with Crippen LogP contribution in [0.25, 0.3) is 0 Å². The van der Waals surface area contributed by atoms with E-state index < -0.39 is 10.0 Å². The summed E-state index contributed by atoms with van der Waals surface area (Å²) in [5.74, 6) is 1.51. The molecular formula is C20H29N5O4S. The Hall–Kier alpha value is -2.59. The van der Waals surface area contributed by atoms with Gasteiger partial charge in [-0.1, -0.05) is 22.9 Å². The summed E-state index contributed by atoms with van der Waals surface area (Å²) in [5.41, 5.74) is 2.75. The molecule has 1 fully saturated rings. The molecular weight excluding hydrogens is 406 g/mol. The summed E-state index contributed by atoms with van der Waals surface area (Å²) in [7, 11) is -0.000299. The van der Waals surface area contributed by atoms with Crippen molar-refractivity contribution >= 4 is 16.0 Å². The van der Waals surface area contributed by atoms with Crippen LogP contribution in [-0.2, 0) is 22.2 Å². The lowest BCUT2D eigenvalue weighted by atomic mass is 10.1. The first-order valence-corrected chi connectivity index (χ1v) is 11.5. The van der Waals surface area contributed by atoms with E-state index in [1.807, 2.05) is 12.1 Å². The van der Waals surface area contributed by atoms with Crippen LogP contribution in [0, 0.1) is 6.92 Å². The molecule has 0 atom stereocenters. The van der Waals surface area contributed by atoms with Gasteiger partial charge in [-0.15, -0.1) is 0 Å². The van der Waals surface area contributed by atoms with Crippen LogP contribution in [0.15, 0.2) is 40.0 Å². The minimum absolute atomic E-state index is 0.144. The Morgan fingerprint density at radius 2 is 2.03 bits per heavy atom. The highest BCUT2D eigenvalue weighted by molar-refractivity contribution is 7.88. The lowest BCUT2D eigenvalue weighted by molar-refractivity contribution is 0.260. The Bertz CT molecular complexity index is 952. The van der Waals surface area contributed by atoms with E-state index in [2.05, 4.69) is 33.4 Å². The SMILES string of the molecule is CN=C(NCCc1cc(C)ccc1OC)N1CCN(S(=O)(=O)Cc2ccon2)CC1. The molecule has 0 spiro atoms. The van der Waals surface area contributed by atoms with Crippen LogP contribution in [0.3, 0.4) is 0 Å². The molecule has 10 heteroatoms. The van der Waals surface area contributed by atoms with Crippen molar-refractivity contribution in [2.75, 3.05) is 46.9 Å². The van der Waals surface area contributed by atoms with E-state index >= 15 is 0 Å². The van der Waals surface area contributed by atoms with Gasteiger partial charge in [0.2, 0.25) is 10.0 Å². The number of guanidine groups is 1. The Morgan fingerprint density at radius 1 is 1.27 bits per heavy atom. The Morgan fingerprint density at radius 3 is 2.67 bits per heavy atom. The van der Waals surface area contributed by atoms with Crippen LogP contribution in [-0.4, -0.2) is 75.6 Å². The first-order chi connectivity index (χ1) is 14.4. The fourth-order valence-electron chi connectivity index (χ4n) is 3.51. The molecule has 1 N–H and O–H groups in total. The molecule has 9 nitrogen and oxygen atoms in total. The van der Waals surface area contributed by atoms with Crippen LogP contribution in [0.2, 0.25) is 0 Å². The minimum Gasteiger partial charge on any atom is -0.496 e. The van der Waals surface area contributed by atoms with Gasteiger partial charge in [-0.3, -0.25) is 4.99 Å². The van der Waals surface area contributed by atoms with Crippen LogP contribution in [0.5, 0.6) is 5.75 Å². The third-order valence-corrected chi connectivity index (χ3v) is 6.89. The normalized spacial score (nSPS) is 16.0. The maximum absolute atomic E-state index is 12.6. The molecule has 2 aromatic rings. The maximum atomic E-state index is 12.6. The molecule has 0 bridgehead atoms. The number of hydrogen-bond acceptors (Lipinski definition) is 6. The summed E-state index contributed by atoms with van der Waals surface area (Å²) in [6.45, 7) is 4.73. The molecule has 1 aromatic carbocycles. The molecule has 3 rings (SSSR count). The van der Waals surface area contributed by atoms with Crippen LogP contribution in [0.4, 0.5) is 0 Å². The van der Waals surface area contributed by atoms with Crippen LogP contribution >= 0.6 is 0 Å². The van der Waals surface area contributed by atoms with Crippen molar-refractivity contribution in [3.8, 4) is 5.75 Å². The fraction of sp³-hybridized carbons (Fsp3) is 0.500. The summed E-state index contributed by atoms with van der Waals surface area (Å²) in [6.07, 6.45) is 2.18. The molecule has 164 valence electrons. The number of aromatic nitrogens is 1. The highest BCUT2D eigenvalue weighted by atomic mass is 32.2.